The van der Waals surface area contributed by atoms with E-state index in [1.165, 1.54) is 0 Å². The molecule has 0 aromatic rings. The third-order valence-corrected chi connectivity index (χ3v) is 14.4. The summed E-state index contributed by atoms with van der Waals surface area (Å²) in [6, 6.07) is 0. The molecule has 10 heteroatoms. The van der Waals surface area contributed by atoms with Gasteiger partial charge in [-0.2, -0.15) is 0 Å². The topological polar surface area (TPSA) is 71.1 Å². The number of hydrogen-bond acceptors (Lipinski definition) is 6. The molecule has 160 valence electrons. The van der Waals surface area contributed by atoms with Crippen LogP contribution in [0, 0.1) is 0 Å². The van der Waals surface area contributed by atoms with Crippen molar-refractivity contribution < 1.29 is 27.3 Å². The highest BCUT2D eigenvalue weighted by molar-refractivity contribution is 6.85. The summed E-state index contributed by atoms with van der Waals surface area (Å²) in [6.07, 6.45) is 6.28. The van der Waals surface area contributed by atoms with Gasteiger partial charge in [-0.3, -0.25) is 0 Å². The van der Waals surface area contributed by atoms with E-state index in [0.29, 0.717) is 0 Å². The zero-order chi connectivity index (χ0) is 22.5. The van der Waals surface area contributed by atoms with Crippen molar-refractivity contribution in [2.75, 3.05) is 0 Å². The van der Waals surface area contributed by atoms with Crippen LogP contribution in [-0.2, 0) is 17.7 Å². The first-order valence-corrected chi connectivity index (χ1v) is 21.5. The van der Waals surface area contributed by atoms with E-state index in [1.54, 1.807) is 0 Å². The van der Waals surface area contributed by atoms with Gasteiger partial charge < -0.3 is 17.7 Å². The van der Waals surface area contributed by atoms with E-state index in [4.69, 9.17) is 17.7 Å². The summed E-state index contributed by atoms with van der Waals surface area (Å²) in [4.78, 5) is 25.3. The Morgan fingerprint density at radius 2 is 0.700 bits per heavy atom. The van der Waals surface area contributed by atoms with Gasteiger partial charge in [0, 0.05) is 20.8 Å². The molecule has 0 radical (unpaired) electrons. The second-order valence-corrected chi connectivity index (χ2v) is 24.6. The third kappa shape index (κ3) is 4.49. The summed E-state index contributed by atoms with van der Waals surface area (Å²) in [5, 5.41) is 3.32. The molecule has 30 heavy (non-hydrogen) atoms. The van der Waals surface area contributed by atoms with Crippen molar-refractivity contribution in [3.05, 3.63) is 56.6 Å². The minimum Gasteiger partial charge on any atom is -0.485 e. The maximum absolute atomic E-state index is 12.7. The van der Waals surface area contributed by atoms with Crippen LogP contribution >= 0.6 is 0 Å². The molecule has 1 aliphatic heterocycles. The van der Waals surface area contributed by atoms with Crippen molar-refractivity contribution in [1.82, 2.24) is 0 Å². The maximum Gasteiger partial charge on any atom is 0.481 e. The van der Waals surface area contributed by atoms with E-state index in [2.05, 4.69) is 11.5 Å². The molecule has 3 rings (SSSR count). The monoisotopic (exact) mass is 476 g/mol. The van der Waals surface area contributed by atoms with Gasteiger partial charge in [0.05, 0.1) is 0 Å². The van der Waals surface area contributed by atoms with Crippen molar-refractivity contribution in [3.63, 3.8) is 0 Å². The lowest BCUT2D eigenvalue weighted by Crippen LogP contribution is -2.42. The second-order valence-electron chi connectivity index (χ2n) is 9.52. The van der Waals surface area contributed by atoms with Crippen molar-refractivity contribution in [1.29, 1.82) is 0 Å². The highest BCUT2D eigenvalue weighted by Gasteiger charge is 2.42. The van der Waals surface area contributed by atoms with Crippen molar-refractivity contribution in [3.8, 4) is 0 Å². The van der Waals surface area contributed by atoms with Crippen LogP contribution in [-0.4, -0.2) is 45.6 Å². The Kier molecular flexibility index (Phi) is 5.47. The van der Waals surface area contributed by atoms with Gasteiger partial charge in [0.1, 0.15) is 0 Å². The van der Waals surface area contributed by atoms with Crippen LogP contribution in [0.1, 0.15) is 0 Å². The summed E-state index contributed by atoms with van der Waals surface area (Å²) in [7, 11) is -10.4. The standard InChI is InChI=1S/C20H28O6Si4/c1-27(2)15-9-10-16(13-15)28(3,4)25-20(22)26-30(7,8)18-12-11-17(14-18)29(5,6)24-19(21)23-27/h9-12H,1-8H3. The van der Waals surface area contributed by atoms with Crippen molar-refractivity contribution in [2.45, 2.75) is 52.4 Å². The quantitative estimate of drug-likeness (QED) is 0.348. The van der Waals surface area contributed by atoms with Gasteiger partial charge in [-0.05, 0) is 52.4 Å². The molecule has 4 bridgehead atoms. The first kappa shape index (κ1) is 22.6. The number of allylic oxidation sites excluding steroid dienone is 6. The summed E-state index contributed by atoms with van der Waals surface area (Å²) in [5.41, 5.74) is 6.67. The molecule has 0 spiro atoms. The third-order valence-electron chi connectivity index (χ3n) is 5.32. The number of carbonyl (C=O) groups is 2. The molecular weight excluding hydrogens is 449 g/mol. The molecule has 0 N–H and O–H groups in total. The molecule has 0 aromatic carbocycles. The van der Waals surface area contributed by atoms with E-state index < -0.39 is 45.6 Å². The molecule has 0 aromatic heterocycles. The normalized spacial score (nSPS) is 25.7. The molecule has 0 unspecified atom stereocenters. The summed E-state index contributed by atoms with van der Waals surface area (Å²) in [5.74, 6) is 0. The molecule has 6 nitrogen and oxygen atoms in total. The smallest absolute Gasteiger partial charge is 0.481 e. The van der Waals surface area contributed by atoms with Crippen LogP contribution in [0.5, 0.6) is 0 Å². The molecule has 0 fully saturated rings. The van der Waals surface area contributed by atoms with Crippen LogP contribution in [0.3, 0.4) is 0 Å². The van der Waals surface area contributed by atoms with Gasteiger partial charge >= 0.3 is 12.3 Å². The van der Waals surface area contributed by atoms with Gasteiger partial charge in [0.15, 0.2) is 0 Å². The number of carbonyl (C=O) groups excluding carboxylic acids is 2. The van der Waals surface area contributed by atoms with E-state index in [1.807, 2.05) is 76.7 Å². The Morgan fingerprint density at radius 1 is 0.500 bits per heavy atom. The van der Waals surface area contributed by atoms with Crippen molar-refractivity contribution >= 4 is 45.6 Å². The lowest BCUT2D eigenvalue weighted by atomic mass is 10.6. The molecule has 0 saturated heterocycles. The Hall–Kier alpha value is -2.07. The van der Waals surface area contributed by atoms with Gasteiger partial charge in [0.2, 0.25) is 0 Å². The second kappa shape index (κ2) is 7.26. The molecular formula is C20H28O6Si4. The van der Waals surface area contributed by atoms with Gasteiger partial charge in [-0.15, -0.1) is 11.5 Å². The summed E-state index contributed by atoms with van der Waals surface area (Å²) in [6.45, 7) is 15.4. The van der Waals surface area contributed by atoms with E-state index >= 15 is 0 Å². The Balaban J connectivity index is 2.08. The highest BCUT2D eigenvalue weighted by atomic mass is 28.4. The van der Waals surface area contributed by atoms with E-state index in [-0.39, 0.29) is 0 Å². The SMILES string of the molecule is C[Si]1(C)OC(=O)O[Si](C)(C)C2=C=C(C=C2)[Si](C)(C)OC(=O)O[Si](C)(C)C2=C=C1C=C2. The van der Waals surface area contributed by atoms with Gasteiger partial charge in [-0.1, -0.05) is 24.3 Å². The van der Waals surface area contributed by atoms with Crippen LogP contribution in [0.15, 0.2) is 56.6 Å². The zero-order valence-corrected chi connectivity index (χ0v) is 22.8. The van der Waals surface area contributed by atoms with Crippen LogP contribution in [0.4, 0.5) is 9.59 Å². The predicted molar refractivity (Wildman–Crippen MR) is 124 cm³/mol. The highest BCUT2D eigenvalue weighted by Crippen LogP contribution is 2.31. The Labute approximate surface area is 181 Å². The minimum absolute atomic E-state index is 0.654. The first-order chi connectivity index (χ1) is 13.6. The van der Waals surface area contributed by atoms with Crippen molar-refractivity contribution in [2.24, 2.45) is 0 Å². The molecule has 0 amide bonds. The molecule has 3 aliphatic rings. The molecule has 0 saturated carbocycles. The van der Waals surface area contributed by atoms with Crippen LogP contribution in [0.2, 0.25) is 52.4 Å². The maximum atomic E-state index is 12.7. The minimum atomic E-state index is -2.61. The summed E-state index contributed by atoms with van der Waals surface area (Å²) >= 11 is 0. The van der Waals surface area contributed by atoms with E-state index in [9.17, 15) is 9.59 Å². The average Bonchev–Trinajstić information content (AvgIpc) is 3.23. The lowest BCUT2D eigenvalue weighted by Gasteiger charge is -2.27. The van der Waals surface area contributed by atoms with Crippen LogP contribution in [0.25, 0.3) is 0 Å². The predicted octanol–water partition coefficient (Wildman–Crippen LogP) is 5.33. The molecule has 0 atom stereocenters. The molecule has 2 aliphatic carbocycles. The number of rotatable bonds is 0. The Bertz CT molecular complexity index is 866. The van der Waals surface area contributed by atoms with Gasteiger partial charge in [-0.25, -0.2) is 9.59 Å². The number of hydrogen-bond donors (Lipinski definition) is 0. The zero-order valence-electron chi connectivity index (χ0n) is 18.8. The first-order valence-electron chi connectivity index (χ1n) is 9.86. The largest absolute Gasteiger partial charge is 0.485 e. The fourth-order valence-electron chi connectivity index (χ4n) is 3.29. The molecule has 1 heterocycles. The fraction of sp³-hybridized carbons (Fsp3) is 0.400. The fourth-order valence-corrected chi connectivity index (χ4v) is 9.66. The Morgan fingerprint density at radius 3 is 0.900 bits per heavy atom. The van der Waals surface area contributed by atoms with E-state index in [0.717, 1.165) is 20.8 Å². The average molecular weight is 477 g/mol. The summed E-state index contributed by atoms with van der Waals surface area (Å²) < 4.78 is 23.2. The lowest BCUT2D eigenvalue weighted by molar-refractivity contribution is 0.147. The van der Waals surface area contributed by atoms with Crippen LogP contribution < -0.4 is 0 Å². The van der Waals surface area contributed by atoms with Gasteiger partial charge in [0.25, 0.3) is 33.3 Å².